The Labute approximate surface area is 183 Å². The summed E-state index contributed by atoms with van der Waals surface area (Å²) in [6.45, 7) is 0. The van der Waals surface area contributed by atoms with Gasteiger partial charge in [0.2, 0.25) is 16.8 Å². The topological polar surface area (TPSA) is 82.6 Å². The van der Waals surface area contributed by atoms with Gasteiger partial charge in [0.15, 0.2) is 11.5 Å². The number of benzene rings is 2. The van der Waals surface area contributed by atoms with Crippen LogP contribution in [-0.4, -0.2) is 37.4 Å². The number of aromatic nitrogens is 2. The summed E-state index contributed by atoms with van der Waals surface area (Å²) < 4.78 is 15.9. The fourth-order valence-corrected chi connectivity index (χ4v) is 3.57. The monoisotopic (exact) mass is 445 g/mol. The van der Waals surface area contributed by atoms with Crippen molar-refractivity contribution in [2.75, 3.05) is 26.6 Å². The number of ether oxygens (including phenoxy) is 3. The highest BCUT2D eigenvalue weighted by Crippen LogP contribution is 2.38. The van der Waals surface area contributed by atoms with Crippen LogP contribution in [0.5, 0.6) is 17.2 Å². The van der Waals surface area contributed by atoms with Gasteiger partial charge in [0.05, 0.1) is 21.3 Å². The van der Waals surface area contributed by atoms with E-state index in [1.165, 1.54) is 38.7 Å². The van der Waals surface area contributed by atoms with Gasteiger partial charge in [-0.15, -0.1) is 10.2 Å². The second-order valence-electron chi connectivity index (χ2n) is 6.09. The number of nitrogens with one attached hydrogen (secondary N) is 1. The molecule has 9 heteroatoms. The van der Waals surface area contributed by atoms with Crippen molar-refractivity contribution in [2.24, 2.45) is 0 Å². The Morgan fingerprint density at radius 2 is 1.73 bits per heavy atom. The summed E-state index contributed by atoms with van der Waals surface area (Å²) in [5.41, 5.74) is 1.79. The van der Waals surface area contributed by atoms with Gasteiger partial charge in [-0.05, 0) is 41.5 Å². The zero-order chi connectivity index (χ0) is 21.5. The zero-order valence-corrected chi connectivity index (χ0v) is 18.2. The van der Waals surface area contributed by atoms with Crippen LogP contribution >= 0.6 is 22.9 Å². The predicted octanol–water partition coefficient (Wildman–Crippen LogP) is 4.46. The second kappa shape index (κ2) is 10.1. The second-order valence-corrected chi connectivity index (χ2v) is 7.58. The van der Waals surface area contributed by atoms with Crippen LogP contribution in [0, 0.1) is 0 Å². The van der Waals surface area contributed by atoms with Crippen LogP contribution in [0.15, 0.2) is 42.5 Å². The van der Waals surface area contributed by atoms with Gasteiger partial charge in [0.25, 0.3) is 0 Å². The van der Waals surface area contributed by atoms with Crippen molar-refractivity contribution in [3.63, 3.8) is 0 Å². The molecule has 0 fully saturated rings. The van der Waals surface area contributed by atoms with Crippen molar-refractivity contribution in [3.05, 3.63) is 63.6 Å². The van der Waals surface area contributed by atoms with E-state index in [1.54, 1.807) is 18.2 Å². The van der Waals surface area contributed by atoms with E-state index in [0.717, 1.165) is 16.1 Å². The molecule has 1 aromatic heterocycles. The van der Waals surface area contributed by atoms with Crippen molar-refractivity contribution < 1.29 is 19.0 Å². The molecular formula is C21H20ClN3O4S. The lowest BCUT2D eigenvalue weighted by molar-refractivity contribution is -0.111. The number of carbonyl (C=O) groups is 1. The average molecular weight is 446 g/mol. The van der Waals surface area contributed by atoms with Gasteiger partial charge >= 0.3 is 0 Å². The quantitative estimate of drug-likeness (QED) is 0.515. The average Bonchev–Trinajstić information content (AvgIpc) is 3.19. The molecule has 3 aromatic rings. The smallest absolute Gasteiger partial charge is 0.250 e. The highest BCUT2D eigenvalue weighted by molar-refractivity contribution is 7.15. The SMILES string of the molecule is COc1cc(C=CC(=O)Nc2nnc(Cc3ccc(Cl)cc3)s2)cc(OC)c1OC. The molecule has 1 N–H and O–H groups in total. The molecule has 0 saturated heterocycles. The Kier molecular flexibility index (Phi) is 7.26. The van der Waals surface area contributed by atoms with E-state index in [-0.39, 0.29) is 5.91 Å². The van der Waals surface area contributed by atoms with E-state index in [0.29, 0.717) is 33.8 Å². The number of amides is 1. The standard InChI is InChI=1S/C21H20ClN3O4S/c1-27-16-10-14(11-17(28-2)20(16)29-3)6-9-18(26)23-21-25-24-19(30-21)12-13-4-7-15(22)8-5-13/h4-11H,12H2,1-3H3,(H,23,25,26). The molecule has 7 nitrogen and oxygen atoms in total. The first kappa shape index (κ1) is 21.6. The van der Waals surface area contributed by atoms with E-state index in [4.69, 9.17) is 25.8 Å². The molecule has 0 spiro atoms. The number of hydrogen-bond acceptors (Lipinski definition) is 7. The first-order chi connectivity index (χ1) is 14.5. The van der Waals surface area contributed by atoms with Crippen molar-refractivity contribution in [1.82, 2.24) is 10.2 Å². The van der Waals surface area contributed by atoms with Crippen LogP contribution in [-0.2, 0) is 11.2 Å². The van der Waals surface area contributed by atoms with Crippen molar-refractivity contribution in [2.45, 2.75) is 6.42 Å². The van der Waals surface area contributed by atoms with E-state index in [1.807, 2.05) is 24.3 Å². The minimum absolute atomic E-state index is 0.321. The largest absolute Gasteiger partial charge is 0.493 e. The van der Waals surface area contributed by atoms with Gasteiger partial charge in [-0.1, -0.05) is 35.1 Å². The van der Waals surface area contributed by atoms with Crippen LogP contribution < -0.4 is 19.5 Å². The van der Waals surface area contributed by atoms with Gasteiger partial charge in [-0.2, -0.15) is 0 Å². The fraction of sp³-hybridized carbons (Fsp3) is 0.190. The summed E-state index contributed by atoms with van der Waals surface area (Å²) in [4.78, 5) is 12.3. The molecular weight excluding hydrogens is 426 g/mol. The Morgan fingerprint density at radius 3 is 2.33 bits per heavy atom. The molecule has 0 aliphatic rings. The van der Waals surface area contributed by atoms with E-state index >= 15 is 0 Å². The summed E-state index contributed by atoms with van der Waals surface area (Å²) in [5, 5.41) is 12.8. The van der Waals surface area contributed by atoms with Crippen LogP contribution in [0.1, 0.15) is 16.1 Å². The summed E-state index contributed by atoms with van der Waals surface area (Å²) in [6, 6.07) is 11.0. The Bertz CT molecular complexity index is 1030. The first-order valence-corrected chi connectivity index (χ1v) is 10.1. The number of anilines is 1. The molecule has 1 amide bonds. The van der Waals surface area contributed by atoms with E-state index < -0.39 is 0 Å². The third-order valence-electron chi connectivity index (χ3n) is 4.08. The highest BCUT2D eigenvalue weighted by atomic mass is 35.5. The van der Waals surface area contributed by atoms with Crippen molar-refractivity contribution in [1.29, 1.82) is 0 Å². The molecule has 0 unspecified atom stereocenters. The molecule has 0 aliphatic carbocycles. The summed E-state index contributed by atoms with van der Waals surface area (Å²) >= 11 is 7.22. The summed E-state index contributed by atoms with van der Waals surface area (Å²) in [7, 11) is 4.61. The predicted molar refractivity (Wildman–Crippen MR) is 118 cm³/mol. The molecule has 0 atom stereocenters. The summed E-state index contributed by atoms with van der Waals surface area (Å²) in [6.07, 6.45) is 3.67. The number of nitrogens with zero attached hydrogens (tertiary/aromatic N) is 2. The number of rotatable bonds is 8. The van der Waals surface area contributed by atoms with E-state index in [2.05, 4.69) is 15.5 Å². The summed E-state index contributed by atoms with van der Waals surface area (Å²) in [5.74, 6) is 1.18. The molecule has 3 rings (SSSR count). The molecule has 0 saturated carbocycles. The molecule has 30 heavy (non-hydrogen) atoms. The van der Waals surface area contributed by atoms with Gasteiger partial charge in [-0.25, -0.2) is 0 Å². The lowest BCUT2D eigenvalue weighted by Gasteiger charge is -2.12. The van der Waals surface area contributed by atoms with Gasteiger partial charge in [0.1, 0.15) is 5.01 Å². The Hall–Kier alpha value is -3.10. The maximum absolute atomic E-state index is 12.3. The van der Waals surface area contributed by atoms with Gasteiger partial charge < -0.3 is 14.2 Å². The minimum Gasteiger partial charge on any atom is -0.493 e. The molecule has 156 valence electrons. The van der Waals surface area contributed by atoms with Crippen LogP contribution in [0.4, 0.5) is 5.13 Å². The van der Waals surface area contributed by atoms with Crippen molar-refractivity contribution >= 4 is 40.1 Å². The van der Waals surface area contributed by atoms with Gasteiger partial charge in [-0.3, -0.25) is 10.1 Å². The van der Waals surface area contributed by atoms with Crippen LogP contribution in [0.25, 0.3) is 6.08 Å². The van der Waals surface area contributed by atoms with Crippen LogP contribution in [0.3, 0.4) is 0 Å². The maximum atomic E-state index is 12.3. The van der Waals surface area contributed by atoms with E-state index in [9.17, 15) is 4.79 Å². The third kappa shape index (κ3) is 5.49. The highest BCUT2D eigenvalue weighted by Gasteiger charge is 2.12. The third-order valence-corrected chi connectivity index (χ3v) is 5.17. The Balaban J connectivity index is 1.65. The first-order valence-electron chi connectivity index (χ1n) is 8.88. The van der Waals surface area contributed by atoms with Gasteiger partial charge in [0, 0.05) is 17.5 Å². The fourth-order valence-electron chi connectivity index (χ4n) is 2.67. The number of carbonyl (C=O) groups excluding carboxylic acids is 1. The normalized spacial score (nSPS) is 10.8. The molecule has 2 aromatic carbocycles. The van der Waals surface area contributed by atoms with Crippen LogP contribution in [0.2, 0.25) is 5.02 Å². The Morgan fingerprint density at radius 1 is 1.07 bits per heavy atom. The van der Waals surface area contributed by atoms with Crippen molar-refractivity contribution in [3.8, 4) is 17.2 Å². The molecule has 0 bridgehead atoms. The maximum Gasteiger partial charge on any atom is 0.250 e. The lowest BCUT2D eigenvalue weighted by atomic mass is 10.1. The molecule has 1 heterocycles. The number of methoxy groups -OCH3 is 3. The molecule has 0 aliphatic heterocycles. The number of hydrogen-bond donors (Lipinski definition) is 1. The minimum atomic E-state index is -0.321. The zero-order valence-electron chi connectivity index (χ0n) is 16.6. The molecule has 0 radical (unpaired) electrons. The lowest BCUT2D eigenvalue weighted by Crippen LogP contribution is -2.07. The number of halogens is 1.